The molecule has 0 saturated carbocycles. The van der Waals surface area contributed by atoms with Crippen molar-refractivity contribution in [3.8, 4) is 0 Å². The number of nitrogens with two attached hydrogens (primary N) is 1. The Morgan fingerprint density at radius 3 is 3.08 bits per heavy atom. The predicted molar refractivity (Wildman–Crippen MR) is 48.1 cm³/mol. The second kappa shape index (κ2) is 2.70. The van der Waals surface area contributed by atoms with Crippen molar-refractivity contribution in [2.45, 2.75) is 13.5 Å². The van der Waals surface area contributed by atoms with E-state index in [0.29, 0.717) is 17.0 Å². The lowest BCUT2D eigenvalue weighted by atomic mass is 10.2. The molecular weight excluding hydrogens is 168 g/mol. The van der Waals surface area contributed by atoms with E-state index in [2.05, 4.69) is 10.1 Å². The number of hydrogen-bond acceptors (Lipinski definition) is 4. The van der Waals surface area contributed by atoms with Gasteiger partial charge >= 0.3 is 0 Å². The number of aryl methyl sites for hydroxylation is 1. The van der Waals surface area contributed by atoms with Crippen molar-refractivity contribution >= 4 is 11.5 Å². The zero-order chi connectivity index (χ0) is 9.42. The van der Waals surface area contributed by atoms with Crippen LogP contribution in [0.3, 0.4) is 0 Å². The lowest BCUT2D eigenvalue weighted by Gasteiger charge is -2.07. The Labute approximate surface area is 74.8 Å². The molecule has 0 spiro atoms. The van der Waals surface area contributed by atoms with Crippen LogP contribution in [0.5, 0.6) is 0 Å². The van der Waals surface area contributed by atoms with Gasteiger partial charge < -0.3 is 10.8 Å². The first-order valence-corrected chi connectivity index (χ1v) is 3.93. The van der Waals surface area contributed by atoms with Crippen LogP contribution in [0.1, 0.15) is 11.3 Å². The Morgan fingerprint density at radius 1 is 1.62 bits per heavy atom. The summed E-state index contributed by atoms with van der Waals surface area (Å²) >= 11 is 0. The molecule has 0 fully saturated rings. The van der Waals surface area contributed by atoms with Gasteiger partial charge in [0.25, 0.3) is 0 Å². The molecule has 0 radical (unpaired) electrons. The largest absolute Gasteiger partial charge is 0.391 e. The smallest absolute Gasteiger partial charge is 0.157 e. The second-order valence-corrected chi connectivity index (χ2v) is 2.82. The summed E-state index contributed by atoms with van der Waals surface area (Å²) in [7, 11) is 0. The molecule has 68 valence electrons. The molecule has 0 aromatic carbocycles. The average Bonchev–Trinajstić information content (AvgIpc) is 2.53. The normalized spacial score (nSPS) is 10.9. The molecule has 2 aromatic heterocycles. The van der Waals surface area contributed by atoms with E-state index in [1.54, 1.807) is 12.3 Å². The number of anilines is 1. The Bertz CT molecular complexity index is 449. The molecule has 3 N–H and O–H groups in total. The SMILES string of the molecule is Cc1nc2ccnn2c(N)c1CO. The van der Waals surface area contributed by atoms with Crippen LogP contribution in [0, 0.1) is 6.92 Å². The van der Waals surface area contributed by atoms with Gasteiger partial charge in [0.05, 0.1) is 12.8 Å². The first-order valence-electron chi connectivity index (χ1n) is 3.93. The van der Waals surface area contributed by atoms with E-state index in [1.807, 2.05) is 6.92 Å². The van der Waals surface area contributed by atoms with Crippen LogP contribution in [-0.4, -0.2) is 19.7 Å². The van der Waals surface area contributed by atoms with Gasteiger partial charge in [-0.2, -0.15) is 9.61 Å². The van der Waals surface area contributed by atoms with Gasteiger partial charge in [0.2, 0.25) is 0 Å². The van der Waals surface area contributed by atoms with Crippen LogP contribution in [0.15, 0.2) is 12.3 Å². The summed E-state index contributed by atoms with van der Waals surface area (Å²) in [6, 6.07) is 1.77. The second-order valence-electron chi connectivity index (χ2n) is 2.82. The van der Waals surface area contributed by atoms with Crippen LogP contribution in [-0.2, 0) is 6.61 Å². The molecule has 0 unspecified atom stereocenters. The predicted octanol–water partition coefficient (Wildman–Crippen LogP) is 0.112. The molecule has 0 saturated heterocycles. The van der Waals surface area contributed by atoms with Crippen LogP contribution >= 0.6 is 0 Å². The maximum atomic E-state index is 9.04. The average molecular weight is 178 g/mol. The standard InChI is InChI=1S/C8H10N4O/c1-5-6(4-13)8(9)12-7(11-5)2-3-10-12/h2-3,13H,4,9H2,1H3. The van der Waals surface area contributed by atoms with E-state index in [4.69, 9.17) is 10.8 Å². The number of aromatic nitrogens is 3. The van der Waals surface area contributed by atoms with Crippen molar-refractivity contribution in [1.82, 2.24) is 14.6 Å². The number of fused-ring (bicyclic) bond motifs is 1. The molecule has 5 heteroatoms. The summed E-state index contributed by atoms with van der Waals surface area (Å²) in [6.07, 6.45) is 1.62. The van der Waals surface area contributed by atoms with Crippen LogP contribution in [0.25, 0.3) is 5.65 Å². The highest BCUT2D eigenvalue weighted by Gasteiger charge is 2.08. The van der Waals surface area contributed by atoms with E-state index in [1.165, 1.54) is 4.52 Å². The molecule has 2 heterocycles. The summed E-state index contributed by atoms with van der Waals surface area (Å²) in [6.45, 7) is 1.70. The first-order chi connectivity index (χ1) is 6.24. The van der Waals surface area contributed by atoms with Gasteiger partial charge in [-0.15, -0.1) is 0 Å². The summed E-state index contributed by atoms with van der Waals surface area (Å²) in [5.41, 5.74) is 7.86. The molecule has 0 amide bonds. The third-order valence-corrected chi connectivity index (χ3v) is 2.04. The molecule has 2 aromatic rings. The molecule has 0 bridgehead atoms. The van der Waals surface area contributed by atoms with E-state index in [9.17, 15) is 0 Å². The Kier molecular flexibility index (Phi) is 1.66. The fourth-order valence-electron chi connectivity index (χ4n) is 1.31. The molecule has 5 nitrogen and oxygen atoms in total. The van der Waals surface area contributed by atoms with Crippen molar-refractivity contribution in [2.24, 2.45) is 0 Å². The van der Waals surface area contributed by atoms with Crippen molar-refractivity contribution in [3.63, 3.8) is 0 Å². The van der Waals surface area contributed by atoms with E-state index >= 15 is 0 Å². The molecule has 13 heavy (non-hydrogen) atoms. The number of hydrogen-bond donors (Lipinski definition) is 2. The van der Waals surface area contributed by atoms with Gasteiger partial charge in [-0.1, -0.05) is 0 Å². The van der Waals surface area contributed by atoms with Gasteiger partial charge in [-0.25, -0.2) is 4.98 Å². The molecule has 0 aliphatic rings. The number of rotatable bonds is 1. The van der Waals surface area contributed by atoms with E-state index < -0.39 is 0 Å². The molecule has 0 aliphatic carbocycles. The highest BCUT2D eigenvalue weighted by atomic mass is 16.3. The summed E-state index contributed by atoms with van der Waals surface area (Å²) in [5, 5.41) is 13.0. The van der Waals surface area contributed by atoms with Crippen LogP contribution in [0.4, 0.5) is 5.82 Å². The highest BCUT2D eigenvalue weighted by molar-refractivity contribution is 5.51. The monoisotopic (exact) mass is 178 g/mol. The lowest BCUT2D eigenvalue weighted by Crippen LogP contribution is -2.07. The first kappa shape index (κ1) is 8.00. The van der Waals surface area contributed by atoms with Crippen molar-refractivity contribution in [3.05, 3.63) is 23.5 Å². The van der Waals surface area contributed by atoms with E-state index in [0.717, 1.165) is 5.69 Å². The summed E-state index contributed by atoms with van der Waals surface area (Å²) < 4.78 is 1.51. The molecule has 0 aliphatic heterocycles. The van der Waals surface area contributed by atoms with Crippen LogP contribution < -0.4 is 5.73 Å². The van der Waals surface area contributed by atoms with Crippen molar-refractivity contribution < 1.29 is 5.11 Å². The number of nitrogen functional groups attached to an aromatic ring is 1. The topological polar surface area (TPSA) is 76.4 Å². The van der Waals surface area contributed by atoms with Crippen LogP contribution in [0.2, 0.25) is 0 Å². The maximum absolute atomic E-state index is 9.04. The fraction of sp³-hybridized carbons (Fsp3) is 0.250. The lowest BCUT2D eigenvalue weighted by molar-refractivity contribution is 0.280. The fourth-order valence-corrected chi connectivity index (χ4v) is 1.31. The van der Waals surface area contributed by atoms with Gasteiger partial charge in [0, 0.05) is 17.3 Å². The van der Waals surface area contributed by atoms with Gasteiger partial charge in [0.1, 0.15) is 5.82 Å². The molecule has 2 rings (SSSR count). The number of aliphatic hydroxyl groups is 1. The van der Waals surface area contributed by atoms with Gasteiger partial charge in [-0.05, 0) is 6.92 Å². The summed E-state index contributed by atoms with van der Waals surface area (Å²) in [5.74, 6) is 0.454. The Hall–Kier alpha value is -1.62. The van der Waals surface area contributed by atoms with E-state index in [-0.39, 0.29) is 6.61 Å². The number of nitrogens with zero attached hydrogens (tertiary/aromatic N) is 3. The van der Waals surface area contributed by atoms with Gasteiger partial charge in [-0.3, -0.25) is 0 Å². The zero-order valence-corrected chi connectivity index (χ0v) is 7.23. The Balaban J connectivity index is 2.85. The van der Waals surface area contributed by atoms with Crippen molar-refractivity contribution in [1.29, 1.82) is 0 Å². The third-order valence-electron chi connectivity index (χ3n) is 2.04. The molecule has 0 atom stereocenters. The number of aliphatic hydroxyl groups excluding tert-OH is 1. The zero-order valence-electron chi connectivity index (χ0n) is 7.23. The maximum Gasteiger partial charge on any atom is 0.157 e. The Morgan fingerprint density at radius 2 is 2.38 bits per heavy atom. The summed E-state index contributed by atoms with van der Waals surface area (Å²) in [4.78, 5) is 4.23. The van der Waals surface area contributed by atoms with Gasteiger partial charge in [0.15, 0.2) is 5.65 Å². The third kappa shape index (κ3) is 1.05. The molecular formula is C8H10N4O. The minimum Gasteiger partial charge on any atom is -0.391 e. The quantitative estimate of drug-likeness (QED) is 0.650. The minimum absolute atomic E-state index is 0.111. The van der Waals surface area contributed by atoms with Crippen molar-refractivity contribution in [2.75, 3.05) is 5.73 Å². The highest BCUT2D eigenvalue weighted by Crippen LogP contribution is 2.15. The minimum atomic E-state index is -0.111.